The highest BCUT2D eigenvalue weighted by Gasteiger charge is 2.45. The Morgan fingerprint density at radius 3 is 2.00 bits per heavy atom. The van der Waals surface area contributed by atoms with Crippen LogP contribution in [0.5, 0.6) is 5.75 Å². The molecule has 50 heavy (non-hydrogen) atoms. The number of aliphatic hydroxyl groups is 2. The molecule has 0 radical (unpaired) electrons. The summed E-state index contributed by atoms with van der Waals surface area (Å²) in [6.07, 6.45) is 16.8. The van der Waals surface area contributed by atoms with Crippen molar-refractivity contribution < 1.29 is 43.4 Å². The summed E-state index contributed by atoms with van der Waals surface area (Å²) in [5.74, 6) is -0.449. The van der Waals surface area contributed by atoms with Crippen molar-refractivity contribution >= 4 is 30.8 Å². The fraction of sp³-hybridized carbons (Fsp3) is 0.657. The van der Waals surface area contributed by atoms with E-state index in [4.69, 9.17) is 15.0 Å². The molecular formula is C35H53N5O9P-. The van der Waals surface area contributed by atoms with Crippen LogP contribution in [0.15, 0.2) is 36.9 Å². The van der Waals surface area contributed by atoms with Gasteiger partial charge in [-0.2, -0.15) is 0 Å². The van der Waals surface area contributed by atoms with Gasteiger partial charge in [-0.15, -0.1) is 0 Å². The molecule has 1 aliphatic rings. The average molecular weight is 719 g/mol. The van der Waals surface area contributed by atoms with E-state index in [9.17, 15) is 29.6 Å². The fourth-order valence-electron chi connectivity index (χ4n) is 6.25. The molecule has 1 aromatic carbocycles. The zero-order chi connectivity index (χ0) is 35.8. The molecular weight excluding hydrogens is 665 g/mol. The highest BCUT2D eigenvalue weighted by atomic mass is 31.2. The lowest BCUT2D eigenvalue weighted by molar-refractivity contribution is -0.227. The summed E-state index contributed by atoms with van der Waals surface area (Å²) in [5, 5.41) is 30.3. The summed E-state index contributed by atoms with van der Waals surface area (Å²) in [4.78, 5) is 36.4. The van der Waals surface area contributed by atoms with Crippen LogP contribution in [0, 0.1) is 0 Å². The molecule has 3 heterocycles. The number of nitrogens with zero attached hydrogens (tertiary/aromatic N) is 4. The summed E-state index contributed by atoms with van der Waals surface area (Å²) in [6, 6.07) is 7.52. The van der Waals surface area contributed by atoms with Gasteiger partial charge in [0.1, 0.15) is 35.9 Å². The van der Waals surface area contributed by atoms with Gasteiger partial charge in [0, 0.05) is 6.42 Å². The fourth-order valence-corrected chi connectivity index (χ4v) is 6.97. The number of phenolic OH excluding ortho intramolecular Hbond substituents is 1. The number of hydrogen-bond acceptors (Lipinski definition) is 13. The predicted molar refractivity (Wildman–Crippen MR) is 186 cm³/mol. The van der Waals surface area contributed by atoms with Crippen LogP contribution >= 0.6 is 7.82 Å². The third kappa shape index (κ3) is 12.9. The van der Waals surface area contributed by atoms with Crippen LogP contribution in [-0.4, -0.2) is 65.7 Å². The molecule has 4 rings (SSSR count). The number of aromatic nitrogens is 4. The number of hydrogen-bond donors (Lipinski definition) is 4. The predicted octanol–water partition coefficient (Wildman–Crippen LogP) is 5.64. The van der Waals surface area contributed by atoms with E-state index >= 15 is 0 Å². The number of nitrogens with two attached hydrogens (primary N) is 1. The number of phenols is 1. The minimum atomic E-state index is -5.01. The molecule has 0 bridgehead atoms. The maximum atomic E-state index is 12.3. The van der Waals surface area contributed by atoms with Crippen LogP contribution in [0.2, 0.25) is 0 Å². The van der Waals surface area contributed by atoms with Crippen LogP contribution < -0.4 is 10.6 Å². The Morgan fingerprint density at radius 1 is 0.840 bits per heavy atom. The molecule has 1 unspecified atom stereocenters. The number of carbonyl (C=O) groups is 1. The van der Waals surface area contributed by atoms with Crippen molar-refractivity contribution in [1.82, 2.24) is 19.5 Å². The third-order valence-electron chi connectivity index (χ3n) is 9.14. The SMILES string of the molecule is Nc1ncnc2c1ncn2[C@@H]1O[C@H](COP(=O)([O-])OC(=O)CCCCCCCCCCCCCCCCCCc2ccc(O)cc2)[C@@H](O)[C@H]1O. The average Bonchev–Trinajstić information content (AvgIpc) is 3.64. The minimum Gasteiger partial charge on any atom is -0.746 e. The topological polar surface area (TPSA) is 215 Å². The number of benzene rings is 1. The second-order valence-corrected chi connectivity index (χ2v) is 14.5. The monoisotopic (exact) mass is 718 g/mol. The van der Waals surface area contributed by atoms with Crippen LogP contribution in [0.4, 0.5) is 5.82 Å². The van der Waals surface area contributed by atoms with Crippen molar-refractivity contribution in [2.45, 2.75) is 140 Å². The summed E-state index contributed by atoms with van der Waals surface area (Å²) in [5.41, 5.74) is 7.63. The number of rotatable bonds is 24. The Kier molecular flexibility index (Phi) is 16.4. The number of aromatic hydroxyl groups is 1. The van der Waals surface area contributed by atoms with Crippen LogP contribution in [-0.2, 0) is 29.6 Å². The highest BCUT2D eigenvalue weighted by Crippen LogP contribution is 2.41. The highest BCUT2D eigenvalue weighted by molar-refractivity contribution is 7.46. The molecule has 5 N–H and O–H groups in total. The zero-order valence-corrected chi connectivity index (χ0v) is 29.7. The number of phosphoric acid groups is 1. The standard InChI is InChI=1S/C35H54N5O9P/c36-33-30-34(38-24-37-33)40(25-39-30)35-32(44)31(43)28(48-35)23-47-50(45,46)49-29(42)18-16-14-12-10-8-6-4-2-1-3-5-7-9-11-13-15-17-26-19-21-27(41)22-20-26/h19-22,24-25,28,31-32,35,41,43-44H,1-18,23H2,(H,45,46)(H2,36,37,38)/p-1/t28-,31-,32-,35-/m1/s1. The van der Waals surface area contributed by atoms with Crippen molar-refractivity contribution in [1.29, 1.82) is 0 Å². The molecule has 2 aromatic heterocycles. The first-order chi connectivity index (χ1) is 24.1. The third-order valence-corrected chi connectivity index (χ3v) is 10.0. The Morgan fingerprint density at radius 2 is 1.40 bits per heavy atom. The first-order valence-corrected chi connectivity index (χ1v) is 19.5. The van der Waals surface area contributed by atoms with E-state index in [2.05, 4.69) is 19.5 Å². The molecule has 0 spiro atoms. The first kappa shape index (κ1) is 39.7. The van der Waals surface area contributed by atoms with Crippen molar-refractivity contribution in [3.05, 3.63) is 42.5 Å². The van der Waals surface area contributed by atoms with Crippen molar-refractivity contribution in [3.8, 4) is 5.75 Å². The maximum absolute atomic E-state index is 12.3. The summed E-state index contributed by atoms with van der Waals surface area (Å²) in [7, 11) is -5.01. The lowest BCUT2D eigenvalue weighted by Gasteiger charge is -2.24. The van der Waals surface area contributed by atoms with Gasteiger partial charge in [0.05, 0.1) is 12.9 Å². The number of ether oxygens (including phenoxy) is 1. The molecule has 1 fully saturated rings. The zero-order valence-electron chi connectivity index (χ0n) is 28.8. The van der Waals surface area contributed by atoms with E-state index in [-0.39, 0.29) is 23.4 Å². The van der Waals surface area contributed by atoms with Crippen molar-refractivity contribution in [3.63, 3.8) is 0 Å². The molecule has 0 aliphatic carbocycles. The van der Waals surface area contributed by atoms with Gasteiger partial charge in [0.15, 0.2) is 17.7 Å². The second-order valence-electron chi connectivity index (χ2n) is 13.2. The van der Waals surface area contributed by atoms with Crippen LogP contribution in [0.1, 0.15) is 121 Å². The Bertz CT molecular complexity index is 1490. The second kappa shape index (κ2) is 20.7. The number of anilines is 1. The Balaban J connectivity index is 0.945. The minimum absolute atomic E-state index is 0.0442. The maximum Gasteiger partial charge on any atom is 0.322 e. The Labute approximate surface area is 294 Å². The summed E-state index contributed by atoms with van der Waals surface area (Å²) in [6.45, 7) is -0.670. The number of imidazole rings is 1. The number of aryl methyl sites for hydroxylation is 1. The smallest absolute Gasteiger partial charge is 0.322 e. The lowest BCUT2D eigenvalue weighted by atomic mass is 10.0. The molecule has 1 saturated heterocycles. The quantitative estimate of drug-likeness (QED) is 0.0653. The van der Waals surface area contributed by atoms with Gasteiger partial charge in [-0.1, -0.05) is 102 Å². The van der Waals surface area contributed by atoms with Gasteiger partial charge in [-0.25, -0.2) is 15.0 Å². The van der Waals surface area contributed by atoms with Gasteiger partial charge in [0.25, 0.3) is 0 Å². The number of aliphatic hydroxyl groups excluding tert-OH is 2. The molecule has 3 aromatic rings. The van der Waals surface area contributed by atoms with Gasteiger partial charge >= 0.3 is 13.8 Å². The van der Waals surface area contributed by atoms with E-state index in [0.29, 0.717) is 12.2 Å². The molecule has 278 valence electrons. The van der Waals surface area contributed by atoms with E-state index < -0.39 is 44.9 Å². The van der Waals surface area contributed by atoms with Crippen LogP contribution in [0.25, 0.3) is 11.2 Å². The van der Waals surface area contributed by atoms with Gasteiger partial charge in [-0.3, -0.25) is 13.9 Å². The Hall–Kier alpha value is -3.13. The largest absolute Gasteiger partial charge is 0.746 e. The number of fused-ring (bicyclic) bond motifs is 1. The molecule has 0 amide bonds. The summed E-state index contributed by atoms with van der Waals surface area (Å²) >= 11 is 0. The van der Waals surface area contributed by atoms with Gasteiger partial charge in [-0.05, 0) is 37.0 Å². The lowest BCUT2D eigenvalue weighted by Crippen LogP contribution is -2.34. The number of nitrogen functional groups attached to an aromatic ring is 1. The van der Waals surface area contributed by atoms with E-state index in [1.54, 1.807) is 12.1 Å². The number of carbonyl (C=O) groups excluding carboxylic acids is 1. The normalized spacial score (nSPS) is 20.3. The van der Waals surface area contributed by atoms with Gasteiger partial charge < -0.3 is 39.7 Å². The molecule has 15 heteroatoms. The van der Waals surface area contributed by atoms with Crippen molar-refractivity contribution in [2.24, 2.45) is 0 Å². The molecule has 1 aliphatic heterocycles. The van der Waals surface area contributed by atoms with Crippen molar-refractivity contribution in [2.75, 3.05) is 12.3 Å². The number of unbranched alkanes of at least 4 members (excludes halogenated alkanes) is 15. The van der Waals surface area contributed by atoms with Gasteiger partial charge in [0.2, 0.25) is 0 Å². The van der Waals surface area contributed by atoms with E-state index in [1.807, 2.05) is 12.1 Å². The molecule has 5 atom stereocenters. The van der Waals surface area contributed by atoms with E-state index in [0.717, 1.165) is 32.1 Å². The molecule has 14 nitrogen and oxygen atoms in total. The first-order valence-electron chi connectivity index (χ1n) is 18.0. The number of phosphoric ester groups is 1. The molecule has 0 saturated carbocycles. The summed E-state index contributed by atoms with van der Waals surface area (Å²) < 4.78 is 28.6. The van der Waals surface area contributed by atoms with Crippen LogP contribution in [0.3, 0.4) is 0 Å². The van der Waals surface area contributed by atoms with E-state index in [1.165, 1.54) is 93.4 Å².